The van der Waals surface area contributed by atoms with Crippen molar-refractivity contribution >= 4 is 27.5 Å². The van der Waals surface area contributed by atoms with Crippen molar-refractivity contribution in [3.8, 4) is 5.75 Å². The fourth-order valence-electron chi connectivity index (χ4n) is 2.74. The molecule has 0 radical (unpaired) electrons. The van der Waals surface area contributed by atoms with Crippen LogP contribution in [-0.2, 0) is 10.4 Å². The van der Waals surface area contributed by atoms with Crippen LogP contribution in [0.25, 0.3) is 0 Å². The minimum Gasteiger partial charge on any atom is -0.372 e. The molecule has 0 aliphatic carbocycles. The van der Waals surface area contributed by atoms with Crippen molar-refractivity contribution in [1.29, 1.82) is 0 Å². The van der Waals surface area contributed by atoms with Gasteiger partial charge in [-0.3, -0.25) is 4.55 Å². The van der Waals surface area contributed by atoms with Gasteiger partial charge < -0.3 is 14.4 Å². The van der Waals surface area contributed by atoms with E-state index < -0.39 is 10.4 Å². The van der Waals surface area contributed by atoms with Crippen molar-refractivity contribution in [2.75, 3.05) is 23.3 Å². The Morgan fingerprint density at radius 3 is 2.11 bits per heavy atom. The highest BCUT2D eigenvalue weighted by Gasteiger charge is 2.12. The van der Waals surface area contributed by atoms with Gasteiger partial charge in [0.2, 0.25) is 0 Å². The Morgan fingerprint density at radius 1 is 0.963 bits per heavy atom. The molecule has 0 unspecified atom stereocenters. The van der Waals surface area contributed by atoms with Crippen molar-refractivity contribution in [3.63, 3.8) is 0 Å². The highest BCUT2D eigenvalue weighted by Crippen LogP contribution is 2.29. The number of nitrogens with zero attached hydrogens (tertiary/aromatic N) is 1. The summed E-state index contributed by atoms with van der Waals surface area (Å²) in [4.78, 5) is 2.40. The van der Waals surface area contributed by atoms with E-state index in [0.717, 1.165) is 44.5 Å². The quantitative estimate of drug-likeness (QED) is 0.523. The summed E-state index contributed by atoms with van der Waals surface area (Å²) < 4.78 is 35.5. The molecule has 27 heavy (non-hydrogen) atoms. The number of rotatable bonds is 11. The van der Waals surface area contributed by atoms with Crippen molar-refractivity contribution in [3.05, 3.63) is 48.5 Å². The van der Waals surface area contributed by atoms with Crippen molar-refractivity contribution < 1.29 is 17.2 Å². The van der Waals surface area contributed by atoms with Gasteiger partial charge >= 0.3 is 10.4 Å². The summed E-state index contributed by atoms with van der Waals surface area (Å²) in [7, 11) is -4.57. The number of anilines is 3. The van der Waals surface area contributed by atoms with Crippen LogP contribution in [0, 0.1) is 0 Å². The van der Waals surface area contributed by atoms with Gasteiger partial charge in [0, 0.05) is 24.5 Å². The van der Waals surface area contributed by atoms with Gasteiger partial charge in [0.25, 0.3) is 0 Å². The summed E-state index contributed by atoms with van der Waals surface area (Å²) >= 11 is 0. The smallest absolute Gasteiger partial charge is 0.372 e. The summed E-state index contributed by atoms with van der Waals surface area (Å²) in [6.07, 6.45) is 4.63. The predicted octanol–water partition coefficient (Wildman–Crippen LogP) is 5.02. The van der Waals surface area contributed by atoms with Gasteiger partial charge in [0.15, 0.2) is 5.75 Å². The number of benzene rings is 2. The Bertz CT molecular complexity index is 799. The molecule has 0 atom stereocenters. The van der Waals surface area contributed by atoms with Crippen LogP contribution in [0.2, 0.25) is 0 Å². The first kappa shape index (κ1) is 21.1. The number of unbranched alkanes of at least 4 members (excludes halogenated alkanes) is 2. The molecular weight excluding hydrogens is 364 g/mol. The second-order valence-corrected chi connectivity index (χ2v) is 7.40. The normalized spacial score (nSPS) is 11.2. The number of hydrogen-bond acceptors (Lipinski definition) is 5. The Labute approximate surface area is 162 Å². The van der Waals surface area contributed by atoms with E-state index in [1.807, 2.05) is 12.1 Å². The monoisotopic (exact) mass is 392 g/mol. The third kappa shape index (κ3) is 7.11. The van der Waals surface area contributed by atoms with Crippen LogP contribution in [0.1, 0.15) is 39.5 Å². The van der Waals surface area contributed by atoms with Crippen LogP contribution in [0.15, 0.2) is 48.5 Å². The van der Waals surface area contributed by atoms with Crippen LogP contribution in [0.3, 0.4) is 0 Å². The molecule has 0 spiro atoms. The number of nitrogens with one attached hydrogen (secondary N) is 1. The average molecular weight is 393 g/mol. The van der Waals surface area contributed by atoms with Gasteiger partial charge in [-0.05, 0) is 49.2 Å². The molecular formula is C20H28N2O4S. The lowest BCUT2D eigenvalue weighted by molar-refractivity contribution is 0.387. The molecule has 0 amide bonds. The summed E-state index contributed by atoms with van der Waals surface area (Å²) in [5.41, 5.74) is 2.43. The zero-order valence-corrected chi connectivity index (χ0v) is 16.7. The lowest BCUT2D eigenvalue weighted by Crippen LogP contribution is -2.25. The second-order valence-electron chi connectivity index (χ2n) is 6.37. The molecule has 2 aromatic rings. The van der Waals surface area contributed by atoms with Crippen LogP contribution < -0.4 is 14.4 Å². The molecule has 0 aliphatic heterocycles. The van der Waals surface area contributed by atoms with E-state index in [9.17, 15) is 8.42 Å². The first-order valence-electron chi connectivity index (χ1n) is 9.31. The van der Waals surface area contributed by atoms with Crippen LogP contribution >= 0.6 is 0 Å². The van der Waals surface area contributed by atoms with Gasteiger partial charge in [-0.25, -0.2) is 0 Å². The largest absolute Gasteiger partial charge is 0.446 e. The second kappa shape index (κ2) is 10.2. The molecule has 0 heterocycles. The zero-order chi connectivity index (χ0) is 19.7. The maximum Gasteiger partial charge on any atom is 0.446 e. The Balaban J connectivity index is 2.13. The zero-order valence-electron chi connectivity index (χ0n) is 15.9. The van der Waals surface area contributed by atoms with Gasteiger partial charge in [-0.15, -0.1) is 0 Å². The van der Waals surface area contributed by atoms with E-state index in [2.05, 4.69) is 40.4 Å². The lowest BCUT2D eigenvalue weighted by atomic mass is 10.2. The molecule has 2 rings (SSSR count). The molecule has 0 aliphatic rings. The highest BCUT2D eigenvalue weighted by atomic mass is 32.3. The van der Waals surface area contributed by atoms with Gasteiger partial charge in [0.05, 0.1) is 5.69 Å². The number of hydrogen-bond donors (Lipinski definition) is 2. The predicted molar refractivity (Wildman–Crippen MR) is 110 cm³/mol. The molecule has 2 aromatic carbocycles. The third-order valence-corrected chi connectivity index (χ3v) is 4.55. The SMILES string of the molecule is CCCCN(CCCC)c1ccc(Nc2ccccc2OS(=O)(=O)O)cc1. The number of para-hydroxylation sites is 2. The topological polar surface area (TPSA) is 78.9 Å². The molecule has 6 nitrogen and oxygen atoms in total. The lowest BCUT2D eigenvalue weighted by Gasteiger charge is -2.25. The summed E-state index contributed by atoms with van der Waals surface area (Å²) in [5.74, 6) is 0.0385. The molecule has 7 heteroatoms. The van der Waals surface area contributed by atoms with E-state index in [1.54, 1.807) is 18.2 Å². The molecule has 0 fully saturated rings. The van der Waals surface area contributed by atoms with E-state index >= 15 is 0 Å². The molecule has 0 aromatic heterocycles. The Hall–Kier alpha value is -2.25. The van der Waals surface area contributed by atoms with E-state index in [-0.39, 0.29) is 5.75 Å². The molecule has 0 bridgehead atoms. The summed E-state index contributed by atoms with van der Waals surface area (Å²) in [6, 6.07) is 14.6. The molecule has 148 valence electrons. The summed E-state index contributed by atoms with van der Waals surface area (Å²) in [5, 5.41) is 3.13. The van der Waals surface area contributed by atoms with Crippen LogP contribution in [0.4, 0.5) is 17.1 Å². The van der Waals surface area contributed by atoms with Gasteiger partial charge in [-0.2, -0.15) is 8.42 Å². The van der Waals surface area contributed by atoms with E-state index in [0.29, 0.717) is 5.69 Å². The Kier molecular flexibility index (Phi) is 7.94. The molecule has 0 saturated heterocycles. The van der Waals surface area contributed by atoms with E-state index in [4.69, 9.17) is 4.55 Å². The van der Waals surface area contributed by atoms with Crippen molar-refractivity contribution in [1.82, 2.24) is 0 Å². The molecule has 2 N–H and O–H groups in total. The average Bonchev–Trinajstić information content (AvgIpc) is 2.63. The van der Waals surface area contributed by atoms with Crippen molar-refractivity contribution in [2.45, 2.75) is 39.5 Å². The standard InChI is InChI=1S/C20H28N2O4S/c1-3-5-15-22(16-6-4-2)18-13-11-17(12-14-18)21-19-9-7-8-10-20(19)26-27(23,24)25/h7-14,21H,3-6,15-16H2,1-2H3,(H,23,24,25). The first-order valence-corrected chi connectivity index (χ1v) is 10.7. The summed E-state index contributed by atoms with van der Waals surface area (Å²) in [6.45, 7) is 6.46. The minimum atomic E-state index is -4.57. The van der Waals surface area contributed by atoms with Crippen LogP contribution in [0.5, 0.6) is 5.75 Å². The maximum absolute atomic E-state index is 11.0. The van der Waals surface area contributed by atoms with E-state index in [1.165, 1.54) is 11.8 Å². The molecule has 0 saturated carbocycles. The Morgan fingerprint density at radius 2 is 1.56 bits per heavy atom. The third-order valence-electron chi connectivity index (χ3n) is 4.16. The fourth-order valence-corrected chi connectivity index (χ4v) is 3.11. The highest BCUT2D eigenvalue weighted by molar-refractivity contribution is 7.81. The van der Waals surface area contributed by atoms with Crippen molar-refractivity contribution in [2.24, 2.45) is 0 Å². The van der Waals surface area contributed by atoms with Gasteiger partial charge in [-0.1, -0.05) is 38.8 Å². The van der Waals surface area contributed by atoms with Crippen LogP contribution in [-0.4, -0.2) is 26.1 Å². The minimum absolute atomic E-state index is 0.0385. The maximum atomic E-state index is 11.0. The first-order chi connectivity index (χ1) is 12.9. The van der Waals surface area contributed by atoms with Gasteiger partial charge in [0.1, 0.15) is 0 Å². The fraction of sp³-hybridized carbons (Fsp3) is 0.400.